The second kappa shape index (κ2) is 10.2. The fourth-order valence-corrected chi connectivity index (χ4v) is 4.36. The molecule has 0 heterocycles. The molecule has 0 radical (unpaired) electrons. The minimum atomic E-state index is -0.464. The SMILES string of the molecule is C=C(C)C(=C)OC1CCC(c2c(F)cc(-c3ccc(OC(=O)C(=C)C)cc3)c(C)c2C)CC1. The zero-order chi connectivity index (χ0) is 24.3. The van der Waals surface area contributed by atoms with Crippen LogP contribution in [0.25, 0.3) is 11.1 Å². The third-order valence-electron chi connectivity index (χ3n) is 6.49. The molecule has 0 amide bonds. The molecule has 2 aromatic carbocycles. The van der Waals surface area contributed by atoms with Gasteiger partial charge in [0.1, 0.15) is 17.3 Å². The van der Waals surface area contributed by atoms with E-state index >= 15 is 4.39 Å². The van der Waals surface area contributed by atoms with E-state index in [9.17, 15) is 4.79 Å². The molecule has 2 aromatic rings. The first-order valence-electron chi connectivity index (χ1n) is 11.4. The number of ether oxygens (including phenoxy) is 2. The van der Waals surface area contributed by atoms with E-state index in [4.69, 9.17) is 9.47 Å². The largest absolute Gasteiger partial charge is 0.491 e. The lowest BCUT2D eigenvalue weighted by Crippen LogP contribution is -2.22. The summed E-state index contributed by atoms with van der Waals surface area (Å²) in [6.07, 6.45) is 3.63. The number of hydrogen-bond acceptors (Lipinski definition) is 3. The molecule has 1 aliphatic carbocycles. The fraction of sp³-hybridized carbons (Fsp3) is 0.345. The first-order chi connectivity index (χ1) is 15.6. The van der Waals surface area contributed by atoms with Gasteiger partial charge in [-0.2, -0.15) is 0 Å². The number of rotatable bonds is 7. The van der Waals surface area contributed by atoms with Crippen molar-refractivity contribution < 1.29 is 18.7 Å². The monoisotopic (exact) mass is 448 g/mol. The molecule has 174 valence electrons. The van der Waals surface area contributed by atoms with Crippen molar-refractivity contribution in [1.82, 2.24) is 0 Å². The Morgan fingerprint density at radius 3 is 2.09 bits per heavy atom. The highest BCUT2D eigenvalue weighted by atomic mass is 19.1. The summed E-state index contributed by atoms with van der Waals surface area (Å²) in [4.78, 5) is 11.7. The molecule has 0 spiro atoms. The number of hydrogen-bond donors (Lipinski definition) is 0. The van der Waals surface area contributed by atoms with Crippen molar-refractivity contribution in [2.45, 2.75) is 65.4 Å². The second-order valence-electron chi connectivity index (χ2n) is 9.06. The van der Waals surface area contributed by atoms with Gasteiger partial charge in [-0.1, -0.05) is 31.9 Å². The number of esters is 1. The summed E-state index contributed by atoms with van der Waals surface area (Å²) in [6.45, 7) is 18.9. The van der Waals surface area contributed by atoms with Crippen LogP contribution in [0.5, 0.6) is 5.75 Å². The molecule has 0 unspecified atom stereocenters. The van der Waals surface area contributed by atoms with Crippen LogP contribution in [-0.4, -0.2) is 12.1 Å². The van der Waals surface area contributed by atoms with E-state index in [-0.39, 0.29) is 17.8 Å². The van der Waals surface area contributed by atoms with Crippen molar-refractivity contribution in [3.63, 3.8) is 0 Å². The summed E-state index contributed by atoms with van der Waals surface area (Å²) in [5.74, 6) is 0.628. The quantitative estimate of drug-likeness (QED) is 0.143. The third kappa shape index (κ3) is 5.62. The van der Waals surface area contributed by atoms with Crippen molar-refractivity contribution in [2.75, 3.05) is 0 Å². The van der Waals surface area contributed by atoms with Gasteiger partial charge in [-0.15, -0.1) is 0 Å². The third-order valence-corrected chi connectivity index (χ3v) is 6.49. The molecule has 0 bridgehead atoms. The van der Waals surface area contributed by atoms with E-state index < -0.39 is 5.97 Å². The molecular formula is C29H33FO3. The average molecular weight is 449 g/mol. The van der Waals surface area contributed by atoms with Gasteiger partial charge in [0, 0.05) is 5.57 Å². The zero-order valence-corrected chi connectivity index (χ0v) is 20.1. The highest BCUT2D eigenvalue weighted by Gasteiger charge is 2.28. The van der Waals surface area contributed by atoms with Crippen molar-refractivity contribution in [1.29, 1.82) is 0 Å². The minimum absolute atomic E-state index is 0.117. The standard InChI is InChI=1S/C29H33FO3/c1-17(2)21(7)32-24-14-10-23(11-15-24)28-20(6)19(5)26(16-27(28)30)22-8-12-25(13-9-22)33-29(31)18(3)4/h8-9,12-13,16,23-24H,1,3,7,10-11,14-15H2,2,4-6H3. The molecule has 0 saturated heterocycles. The fourth-order valence-electron chi connectivity index (χ4n) is 4.36. The van der Waals surface area contributed by atoms with Gasteiger partial charge in [0.2, 0.25) is 0 Å². The van der Waals surface area contributed by atoms with Crippen LogP contribution < -0.4 is 4.74 Å². The summed E-state index contributed by atoms with van der Waals surface area (Å²) in [6, 6.07) is 8.77. The minimum Gasteiger partial charge on any atom is -0.491 e. The Morgan fingerprint density at radius 2 is 1.55 bits per heavy atom. The van der Waals surface area contributed by atoms with Gasteiger partial charge < -0.3 is 9.47 Å². The zero-order valence-electron chi connectivity index (χ0n) is 20.1. The van der Waals surface area contributed by atoms with Gasteiger partial charge in [0.15, 0.2) is 0 Å². The summed E-state index contributed by atoms with van der Waals surface area (Å²) >= 11 is 0. The Labute approximate surface area is 196 Å². The van der Waals surface area contributed by atoms with Crippen molar-refractivity contribution in [3.8, 4) is 16.9 Å². The van der Waals surface area contributed by atoms with Crippen LogP contribution in [0.4, 0.5) is 4.39 Å². The normalized spacial score (nSPS) is 17.8. The van der Waals surface area contributed by atoms with Crippen LogP contribution in [-0.2, 0) is 9.53 Å². The molecule has 0 aliphatic heterocycles. The Kier molecular flexibility index (Phi) is 7.57. The van der Waals surface area contributed by atoms with Gasteiger partial charge in [-0.05, 0) is 111 Å². The highest BCUT2D eigenvalue weighted by Crippen LogP contribution is 2.40. The maximum atomic E-state index is 15.4. The van der Waals surface area contributed by atoms with Gasteiger partial charge in [-0.3, -0.25) is 0 Å². The van der Waals surface area contributed by atoms with Crippen LogP contribution >= 0.6 is 0 Å². The van der Waals surface area contributed by atoms with Crippen LogP contribution in [0, 0.1) is 19.7 Å². The van der Waals surface area contributed by atoms with Gasteiger partial charge in [0.05, 0.1) is 6.10 Å². The average Bonchev–Trinajstić information content (AvgIpc) is 2.78. The second-order valence-corrected chi connectivity index (χ2v) is 9.06. The Bertz CT molecular complexity index is 1090. The molecule has 3 nitrogen and oxygen atoms in total. The molecule has 0 aromatic heterocycles. The lowest BCUT2D eigenvalue weighted by molar-refractivity contribution is -0.130. The van der Waals surface area contributed by atoms with Crippen LogP contribution in [0.1, 0.15) is 62.1 Å². The molecule has 1 saturated carbocycles. The Hall–Kier alpha value is -3.14. The van der Waals surface area contributed by atoms with E-state index in [2.05, 4.69) is 19.7 Å². The van der Waals surface area contributed by atoms with Crippen molar-refractivity contribution >= 4 is 5.97 Å². The molecule has 0 N–H and O–H groups in total. The number of benzene rings is 2. The Balaban J connectivity index is 1.77. The molecule has 1 aliphatic rings. The van der Waals surface area contributed by atoms with Gasteiger partial charge in [-0.25, -0.2) is 9.18 Å². The number of carbonyl (C=O) groups excluding carboxylic acids is 1. The van der Waals surface area contributed by atoms with E-state index in [1.807, 2.05) is 32.9 Å². The molecule has 1 fully saturated rings. The topological polar surface area (TPSA) is 35.5 Å². The highest BCUT2D eigenvalue weighted by molar-refractivity contribution is 5.88. The van der Waals surface area contributed by atoms with E-state index in [1.165, 1.54) is 0 Å². The maximum absolute atomic E-state index is 15.4. The number of carbonyl (C=O) groups is 1. The van der Waals surface area contributed by atoms with Crippen LogP contribution in [0.3, 0.4) is 0 Å². The summed E-state index contributed by atoms with van der Waals surface area (Å²) in [5.41, 5.74) is 5.79. The number of halogens is 1. The smallest absolute Gasteiger partial charge is 0.338 e. The molecule has 0 atom stereocenters. The van der Waals surface area contributed by atoms with Crippen LogP contribution in [0.2, 0.25) is 0 Å². The lowest BCUT2D eigenvalue weighted by Gasteiger charge is -2.31. The van der Waals surface area contributed by atoms with Crippen molar-refractivity contribution in [2.24, 2.45) is 0 Å². The summed E-state index contributed by atoms with van der Waals surface area (Å²) < 4.78 is 26.6. The van der Waals surface area contributed by atoms with E-state index in [0.29, 0.717) is 17.1 Å². The van der Waals surface area contributed by atoms with E-state index in [0.717, 1.165) is 59.1 Å². The number of allylic oxidation sites excluding steroid dienone is 1. The maximum Gasteiger partial charge on any atom is 0.338 e. The summed E-state index contributed by atoms with van der Waals surface area (Å²) in [5, 5.41) is 0. The predicted molar refractivity (Wildman–Crippen MR) is 132 cm³/mol. The first kappa shape index (κ1) is 24.5. The predicted octanol–water partition coefficient (Wildman–Crippen LogP) is 7.72. The Morgan fingerprint density at radius 1 is 0.939 bits per heavy atom. The van der Waals surface area contributed by atoms with Gasteiger partial charge in [0.25, 0.3) is 0 Å². The molecule has 33 heavy (non-hydrogen) atoms. The van der Waals surface area contributed by atoms with Crippen LogP contribution in [0.15, 0.2) is 67.0 Å². The molecule has 3 rings (SSSR count). The van der Waals surface area contributed by atoms with E-state index in [1.54, 1.807) is 25.1 Å². The molecule has 4 heteroatoms. The van der Waals surface area contributed by atoms with Gasteiger partial charge >= 0.3 is 5.97 Å². The first-order valence-corrected chi connectivity index (χ1v) is 11.4. The summed E-state index contributed by atoms with van der Waals surface area (Å²) in [7, 11) is 0. The van der Waals surface area contributed by atoms with Crippen molar-refractivity contribution in [3.05, 3.63) is 89.5 Å². The molecular weight excluding hydrogens is 415 g/mol. The lowest BCUT2D eigenvalue weighted by atomic mass is 9.79.